The SMILES string of the molecule is CC1(c2ccc(Cl)s2)CCC(=O)C1. The summed E-state index contributed by atoms with van der Waals surface area (Å²) < 4.78 is 0.815. The highest BCUT2D eigenvalue weighted by Crippen LogP contribution is 2.42. The molecule has 1 aliphatic rings. The highest BCUT2D eigenvalue weighted by molar-refractivity contribution is 7.16. The molecule has 1 aromatic rings. The molecule has 2 rings (SSSR count). The molecule has 1 fully saturated rings. The number of carbonyl (C=O) groups excluding carboxylic acids is 1. The van der Waals surface area contributed by atoms with Crippen molar-refractivity contribution in [3.8, 4) is 0 Å². The van der Waals surface area contributed by atoms with E-state index in [9.17, 15) is 4.79 Å². The number of thiophene rings is 1. The van der Waals surface area contributed by atoms with E-state index in [0.29, 0.717) is 12.2 Å². The zero-order valence-electron chi connectivity index (χ0n) is 7.47. The van der Waals surface area contributed by atoms with Crippen molar-refractivity contribution >= 4 is 28.7 Å². The van der Waals surface area contributed by atoms with E-state index in [1.54, 1.807) is 11.3 Å². The average Bonchev–Trinajstić information content (AvgIpc) is 2.60. The predicted molar refractivity (Wildman–Crippen MR) is 55.5 cm³/mol. The molecule has 0 aromatic carbocycles. The molecule has 0 bridgehead atoms. The fourth-order valence-electron chi connectivity index (χ4n) is 1.88. The number of hydrogen-bond acceptors (Lipinski definition) is 2. The van der Waals surface area contributed by atoms with Crippen molar-refractivity contribution in [2.75, 3.05) is 0 Å². The summed E-state index contributed by atoms with van der Waals surface area (Å²) in [5.74, 6) is 0.382. The predicted octanol–water partition coefficient (Wildman–Crippen LogP) is 3.41. The minimum atomic E-state index is 0.0644. The highest BCUT2D eigenvalue weighted by atomic mass is 35.5. The first kappa shape index (κ1) is 9.22. The van der Waals surface area contributed by atoms with Gasteiger partial charge >= 0.3 is 0 Å². The van der Waals surface area contributed by atoms with Crippen molar-refractivity contribution in [2.24, 2.45) is 0 Å². The van der Waals surface area contributed by atoms with Gasteiger partial charge in [-0.2, -0.15) is 0 Å². The number of rotatable bonds is 1. The Morgan fingerprint density at radius 2 is 2.31 bits per heavy atom. The van der Waals surface area contributed by atoms with Crippen molar-refractivity contribution in [1.82, 2.24) is 0 Å². The van der Waals surface area contributed by atoms with Gasteiger partial charge in [0.25, 0.3) is 0 Å². The minimum Gasteiger partial charge on any atom is -0.300 e. The van der Waals surface area contributed by atoms with E-state index in [-0.39, 0.29) is 5.41 Å². The first-order chi connectivity index (χ1) is 6.10. The van der Waals surface area contributed by atoms with Gasteiger partial charge in [0, 0.05) is 23.1 Å². The van der Waals surface area contributed by atoms with Crippen molar-refractivity contribution in [3.63, 3.8) is 0 Å². The Bertz CT molecular complexity index is 344. The second-order valence-corrected chi connectivity index (χ2v) is 5.59. The summed E-state index contributed by atoms with van der Waals surface area (Å²) in [6, 6.07) is 3.96. The molecule has 1 unspecified atom stereocenters. The van der Waals surface area contributed by atoms with Gasteiger partial charge in [0.15, 0.2) is 0 Å². The van der Waals surface area contributed by atoms with E-state index >= 15 is 0 Å². The minimum absolute atomic E-state index is 0.0644. The van der Waals surface area contributed by atoms with Crippen LogP contribution in [0.5, 0.6) is 0 Å². The van der Waals surface area contributed by atoms with Gasteiger partial charge in [0.1, 0.15) is 5.78 Å². The molecule has 0 saturated heterocycles. The van der Waals surface area contributed by atoms with Crippen LogP contribution in [-0.2, 0) is 10.2 Å². The van der Waals surface area contributed by atoms with Crippen LogP contribution in [0.15, 0.2) is 12.1 Å². The van der Waals surface area contributed by atoms with Crippen LogP contribution in [0.1, 0.15) is 31.1 Å². The topological polar surface area (TPSA) is 17.1 Å². The zero-order chi connectivity index (χ0) is 9.47. The number of Topliss-reactive ketones (excluding diaryl/α,β-unsaturated/α-hetero) is 1. The third-order valence-electron chi connectivity index (χ3n) is 2.71. The summed E-state index contributed by atoms with van der Waals surface area (Å²) in [5, 5.41) is 0. The largest absolute Gasteiger partial charge is 0.300 e. The van der Waals surface area contributed by atoms with Gasteiger partial charge in [0.05, 0.1) is 4.34 Å². The van der Waals surface area contributed by atoms with Gasteiger partial charge in [-0.05, 0) is 18.6 Å². The van der Waals surface area contributed by atoms with Crippen LogP contribution in [0.4, 0.5) is 0 Å². The summed E-state index contributed by atoms with van der Waals surface area (Å²) in [6.45, 7) is 2.15. The lowest BCUT2D eigenvalue weighted by Gasteiger charge is -2.20. The lowest BCUT2D eigenvalue weighted by molar-refractivity contribution is -0.117. The molecule has 0 aliphatic heterocycles. The summed E-state index contributed by atoms with van der Waals surface area (Å²) in [6.07, 6.45) is 2.39. The molecule has 70 valence electrons. The Morgan fingerprint density at radius 3 is 2.77 bits per heavy atom. The molecule has 1 atom stereocenters. The Labute approximate surface area is 86.7 Å². The second kappa shape index (κ2) is 3.10. The van der Waals surface area contributed by atoms with Crippen molar-refractivity contribution < 1.29 is 4.79 Å². The normalized spacial score (nSPS) is 28.3. The van der Waals surface area contributed by atoms with E-state index in [1.807, 2.05) is 12.1 Å². The summed E-state index contributed by atoms with van der Waals surface area (Å²) in [7, 11) is 0. The number of halogens is 1. The fourth-order valence-corrected chi connectivity index (χ4v) is 3.09. The maximum atomic E-state index is 11.2. The van der Waals surface area contributed by atoms with Crippen LogP contribution < -0.4 is 0 Å². The second-order valence-electron chi connectivity index (χ2n) is 3.88. The first-order valence-electron chi connectivity index (χ1n) is 4.38. The van der Waals surface area contributed by atoms with Crippen molar-refractivity contribution in [1.29, 1.82) is 0 Å². The maximum absolute atomic E-state index is 11.2. The van der Waals surface area contributed by atoms with Crippen LogP contribution in [0, 0.1) is 0 Å². The molecule has 0 amide bonds. The van der Waals surface area contributed by atoms with Crippen LogP contribution in [0.25, 0.3) is 0 Å². The quantitative estimate of drug-likeness (QED) is 0.700. The number of carbonyl (C=O) groups is 1. The van der Waals surface area contributed by atoms with Crippen molar-refractivity contribution in [3.05, 3.63) is 21.3 Å². The van der Waals surface area contributed by atoms with Crippen molar-refractivity contribution in [2.45, 2.75) is 31.6 Å². The number of ketones is 1. The van der Waals surface area contributed by atoms with E-state index < -0.39 is 0 Å². The fraction of sp³-hybridized carbons (Fsp3) is 0.500. The van der Waals surface area contributed by atoms with Gasteiger partial charge in [-0.15, -0.1) is 11.3 Å². The van der Waals surface area contributed by atoms with Gasteiger partial charge in [-0.3, -0.25) is 4.79 Å². The summed E-state index contributed by atoms with van der Waals surface area (Å²) in [5.41, 5.74) is 0.0644. The molecule has 1 heterocycles. The molecule has 1 nitrogen and oxygen atoms in total. The Hall–Kier alpha value is -0.340. The van der Waals surface area contributed by atoms with Crippen LogP contribution in [0.2, 0.25) is 4.34 Å². The van der Waals surface area contributed by atoms with Gasteiger partial charge in [0.2, 0.25) is 0 Å². The molecule has 0 radical (unpaired) electrons. The number of hydrogen-bond donors (Lipinski definition) is 0. The molecule has 1 aliphatic carbocycles. The van der Waals surface area contributed by atoms with Gasteiger partial charge in [-0.25, -0.2) is 0 Å². The van der Waals surface area contributed by atoms with Gasteiger partial charge < -0.3 is 0 Å². The third kappa shape index (κ3) is 1.65. The monoisotopic (exact) mass is 214 g/mol. The van der Waals surface area contributed by atoms with E-state index in [4.69, 9.17) is 11.6 Å². The molecular formula is C10H11ClOS. The van der Waals surface area contributed by atoms with E-state index in [1.165, 1.54) is 4.88 Å². The van der Waals surface area contributed by atoms with E-state index in [0.717, 1.165) is 17.2 Å². The molecule has 13 heavy (non-hydrogen) atoms. The smallest absolute Gasteiger partial charge is 0.133 e. The van der Waals surface area contributed by atoms with Crippen LogP contribution in [0.3, 0.4) is 0 Å². The highest BCUT2D eigenvalue weighted by Gasteiger charge is 2.36. The summed E-state index contributed by atoms with van der Waals surface area (Å²) >= 11 is 7.47. The molecule has 0 spiro atoms. The van der Waals surface area contributed by atoms with Crippen LogP contribution in [-0.4, -0.2) is 5.78 Å². The maximum Gasteiger partial charge on any atom is 0.133 e. The third-order valence-corrected chi connectivity index (χ3v) is 4.25. The van der Waals surface area contributed by atoms with E-state index in [2.05, 4.69) is 6.92 Å². The van der Waals surface area contributed by atoms with Crippen LogP contribution >= 0.6 is 22.9 Å². The lowest BCUT2D eigenvalue weighted by atomic mass is 9.87. The molecule has 1 aromatic heterocycles. The molecular weight excluding hydrogens is 204 g/mol. The first-order valence-corrected chi connectivity index (χ1v) is 5.57. The van der Waals surface area contributed by atoms with Gasteiger partial charge in [-0.1, -0.05) is 18.5 Å². The summed E-state index contributed by atoms with van der Waals surface area (Å²) in [4.78, 5) is 12.5. The standard InChI is InChI=1S/C10H11ClOS/c1-10(5-4-7(12)6-10)8-2-3-9(11)13-8/h2-3H,4-6H2,1H3. The molecule has 0 N–H and O–H groups in total. The molecule has 3 heteroatoms. The lowest BCUT2D eigenvalue weighted by Crippen LogP contribution is -2.15. The average molecular weight is 215 g/mol. The Kier molecular flexibility index (Phi) is 2.20. The Morgan fingerprint density at radius 1 is 1.54 bits per heavy atom. The zero-order valence-corrected chi connectivity index (χ0v) is 9.04. The Balaban J connectivity index is 2.30. The molecule has 1 saturated carbocycles.